The number of nitrogens with zero attached hydrogens (tertiary/aromatic N) is 2. The predicted octanol–water partition coefficient (Wildman–Crippen LogP) is 2.66. The summed E-state index contributed by atoms with van der Waals surface area (Å²) in [5.41, 5.74) is 1.29. The first kappa shape index (κ1) is 25.0. The molecule has 3 atom stereocenters. The summed E-state index contributed by atoms with van der Waals surface area (Å²) in [5.74, 6) is 1.49. The van der Waals surface area contributed by atoms with Crippen LogP contribution >= 0.6 is 0 Å². The molecule has 0 saturated heterocycles. The summed E-state index contributed by atoms with van der Waals surface area (Å²) in [6.07, 6.45) is 3.37. The molecule has 1 aromatic heterocycles. The highest BCUT2D eigenvalue weighted by atomic mass is 32.2. The summed E-state index contributed by atoms with van der Waals surface area (Å²) < 4.78 is 26.0. The number of pyridine rings is 1. The average Bonchev–Trinajstić information content (AvgIpc) is 3.50. The smallest absolute Gasteiger partial charge is 0.251 e. The second-order valence-electron chi connectivity index (χ2n) is 8.83. The predicted molar refractivity (Wildman–Crippen MR) is 131 cm³/mol. The first-order valence-corrected chi connectivity index (χ1v) is 13.3. The molecule has 1 aromatic carbocycles. The molecule has 1 amide bonds. The van der Waals surface area contributed by atoms with Crippen LogP contribution in [0.25, 0.3) is 0 Å². The summed E-state index contributed by atoms with van der Waals surface area (Å²) in [6, 6.07) is 12.3. The van der Waals surface area contributed by atoms with E-state index in [1.54, 1.807) is 6.07 Å². The highest BCUT2D eigenvalue weighted by Gasteiger charge is 2.32. The third-order valence-electron chi connectivity index (χ3n) is 5.86. The van der Waals surface area contributed by atoms with E-state index in [0.29, 0.717) is 36.1 Å². The minimum Gasteiger partial charge on any atom is -0.394 e. The summed E-state index contributed by atoms with van der Waals surface area (Å²) in [4.78, 5) is 17.6. The number of hydrogen-bond acceptors (Lipinski definition) is 6. The Hall–Kier alpha value is -2.65. The van der Waals surface area contributed by atoms with E-state index in [4.69, 9.17) is 0 Å². The lowest BCUT2D eigenvalue weighted by Gasteiger charge is -2.23. The van der Waals surface area contributed by atoms with Crippen molar-refractivity contribution in [1.82, 2.24) is 10.3 Å². The van der Waals surface area contributed by atoms with E-state index in [1.165, 1.54) is 10.4 Å². The van der Waals surface area contributed by atoms with Crippen LogP contribution in [0.1, 0.15) is 42.6 Å². The number of nitrogens with one attached hydrogen (secondary N) is 2. The number of aromatic nitrogens is 1. The normalized spacial score (nSPS) is 18.4. The zero-order valence-electron chi connectivity index (χ0n) is 19.5. The third-order valence-corrected chi connectivity index (χ3v) is 7.03. The van der Waals surface area contributed by atoms with Gasteiger partial charge in [0.25, 0.3) is 5.91 Å². The number of amides is 1. The van der Waals surface area contributed by atoms with Gasteiger partial charge in [0.1, 0.15) is 11.6 Å². The fourth-order valence-electron chi connectivity index (χ4n) is 3.77. The van der Waals surface area contributed by atoms with Crippen LogP contribution in [-0.2, 0) is 16.4 Å². The molecule has 0 radical (unpaired) electrons. The van der Waals surface area contributed by atoms with Gasteiger partial charge in [-0.1, -0.05) is 44.2 Å². The Morgan fingerprint density at radius 1 is 1.27 bits per heavy atom. The highest BCUT2D eigenvalue weighted by molar-refractivity contribution is 7.92. The second kappa shape index (κ2) is 11.0. The van der Waals surface area contributed by atoms with Crippen LogP contribution in [0.3, 0.4) is 0 Å². The van der Waals surface area contributed by atoms with E-state index in [9.17, 15) is 18.3 Å². The second-order valence-corrected chi connectivity index (χ2v) is 10.7. The third kappa shape index (κ3) is 7.17. The molecule has 1 heterocycles. The Morgan fingerprint density at radius 2 is 1.97 bits per heavy atom. The zero-order valence-corrected chi connectivity index (χ0v) is 20.3. The van der Waals surface area contributed by atoms with Gasteiger partial charge in [-0.15, -0.1) is 0 Å². The van der Waals surface area contributed by atoms with Gasteiger partial charge in [0, 0.05) is 18.7 Å². The molecule has 1 aliphatic carbocycles. The molecule has 1 saturated carbocycles. The maximum Gasteiger partial charge on any atom is 0.251 e. The Bertz CT molecular complexity index is 1050. The fourth-order valence-corrected chi connectivity index (χ4v) is 4.71. The molecule has 0 aliphatic heterocycles. The largest absolute Gasteiger partial charge is 0.394 e. The minimum absolute atomic E-state index is 0.210. The standard InChI is InChI=1S/C24H34N4O4S/c1-4-10-28(33(3,31)32)23-14-19(13-22(27-23)25-15-20-11-17(20)2)24(30)26-21(16-29)12-18-8-6-5-7-9-18/h5-9,13-14,17,20-21,29H,4,10-12,15-16H2,1-3H3,(H,25,27)(H,26,30)/t17?,20?,21-/m0/s1. The molecule has 0 bridgehead atoms. The number of carbonyl (C=O) groups excluding carboxylic acids is 1. The molecule has 0 spiro atoms. The summed E-state index contributed by atoms with van der Waals surface area (Å²) in [5, 5.41) is 15.9. The van der Waals surface area contributed by atoms with Crippen molar-refractivity contribution >= 4 is 27.6 Å². The van der Waals surface area contributed by atoms with Crippen molar-refractivity contribution in [2.45, 2.75) is 39.2 Å². The molecule has 8 nitrogen and oxygen atoms in total. The van der Waals surface area contributed by atoms with E-state index in [0.717, 1.165) is 24.8 Å². The van der Waals surface area contributed by atoms with Crippen molar-refractivity contribution in [1.29, 1.82) is 0 Å². The highest BCUT2D eigenvalue weighted by Crippen LogP contribution is 2.37. The van der Waals surface area contributed by atoms with Gasteiger partial charge in [0.05, 0.1) is 18.9 Å². The van der Waals surface area contributed by atoms with Gasteiger partial charge in [0.15, 0.2) is 0 Å². The quantitative estimate of drug-likeness (QED) is 0.436. The van der Waals surface area contributed by atoms with Crippen LogP contribution in [-0.4, -0.2) is 56.4 Å². The van der Waals surface area contributed by atoms with E-state index >= 15 is 0 Å². The number of hydrogen-bond donors (Lipinski definition) is 3. The van der Waals surface area contributed by atoms with Gasteiger partial charge in [-0.3, -0.25) is 9.10 Å². The molecule has 2 unspecified atom stereocenters. The number of aliphatic hydroxyl groups is 1. The van der Waals surface area contributed by atoms with Crippen LogP contribution in [0.15, 0.2) is 42.5 Å². The van der Waals surface area contributed by atoms with Crippen molar-refractivity contribution in [3.05, 3.63) is 53.6 Å². The lowest BCUT2D eigenvalue weighted by atomic mass is 10.1. The van der Waals surface area contributed by atoms with E-state index in [-0.39, 0.29) is 24.9 Å². The number of sulfonamides is 1. The monoisotopic (exact) mass is 474 g/mol. The van der Waals surface area contributed by atoms with Crippen molar-refractivity contribution in [2.24, 2.45) is 11.8 Å². The fraction of sp³-hybridized carbons (Fsp3) is 0.500. The van der Waals surface area contributed by atoms with Gasteiger partial charge in [-0.25, -0.2) is 13.4 Å². The molecule has 1 aliphatic rings. The molecular formula is C24H34N4O4S. The molecular weight excluding hydrogens is 440 g/mol. The van der Waals surface area contributed by atoms with E-state index in [1.807, 2.05) is 37.3 Å². The van der Waals surface area contributed by atoms with Crippen molar-refractivity contribution < 1.29 is 18.3 Å². The molecule has 1 fully saturated rings. The van der Waals surface area contributed by atoms with Crippen molar-refractivity contribution in [3.63, 3.8) is 0 Å². The van der Waals surface area contributed by atoms with E-state index in [2.05, 4.69) is 22.5 Å². The summed E-state index contributed by atoms with van der Waals surface area (Å²) in [7, 11) is -3.56. The Kier molecular flexibility index (Phi) is 8.31. The number of anilines is 2. The maximum absolute atomic E-state index is 13.1. The zero-order chi connectivity index (χ0) is 24.0. The molecule has 3 N–H and O–H groups in total. The number of aliphatic hydroxyl groups excluding tert-OH is 1. The van der Waals surface area contributed by atoms with E-state index < -0.39 is 16.1 Å². The molecule has 33 heavy (non-hydrogen) atoms. The SMILES string of the molecule is CCCN(c1cc(C(=O)N[C@H](CO)Cc2ccccc2)cc(NCC2CC2C)n1)S(C)(=O)=O. The Morgan fingerprint density at radius 3 is 2.55 bits per heavy atom. The van der Waals surface area contributed by atoms with Gasteiger partial charge in [0.2, 0.25) is 10.0 Å². The first-order valence-electron chi connectivity index (χ1n) is 11.4. The van der Waals surface area contributed by atoms with Crippen LogP contribution in [0.5, 0.6) is 0 Å². The number of benzene rings is 1. The molecule has 9 heteroatoms. The molecule has 180 valence electrons. The van der Waals surface area contributed by atoms with Gasteiger partial charge in [-0.2, -0.15) is 0 Å². The first-order chi connectivity index (χ1) is 15.7. The number of rotatable bonds is 12. The molecule has 2 aromatic rings. The van der Waals surface area contributed by atoms with Gasteiger partial charge in [-0.05, 0) is 48.8 Å². The minimum atomic E-state index is -3.56. The van der Waals surface area contributed by atoms with Crippen LogP contribution in [0.4, 0.5) is 11.6 Å². The van der Waals surface area contributed by atoms with Crippen LogP contribution in [0, 0.1) is 11.8 Å². The average molecular weight is 475 g/mol. The van der Waals surface area contributed by atoms with Crippen molar-refractivity contribution in [3.8, 4) is 0 Å². The molecule has 3 rings (SSSR count). The summed E-state index contributed by atoms with van der Waals surface area (Å²) >= 11 is 0. The van der Waals surface area contributed by atoms with Crippen LogP contribution in [0.2, 0.25) is 0 Å². The van der Waals surface area contributed by atoms with Gasteiger partial charge >= 0.3 is 0 Å². The Balaban J connectivity index is 1.85. The van der Waals surface area contributed by atoms with Crippen LogP contribution < -0.4 is 14.9 Å². The maximum atomic E-state index is 13.1. The number of carbonyl (C=O) groups is 1. The topological polar surface area (TPSA) is 112 Å². The lowest BCUT2D eigenvalue weighted by molar-refractivity contribution is 0.0916. The lowest BCUT2D eigenvalue weighted by Crippen LogP contribution is -2.39. The Labute approximate surface area is 196 Å². The van der Waals surface area contributed by atoms with Gasteiger partial charge < -0.3 is 15.7 Å². The van der Waals surface area contributed by atoms with Crippen molar-refractivity contribution in [2.75, 3.05) is 35.6 Å². The summed E-state index contributed by atoms with van der Waals surface area (Å²) in [6.45, 7) is 4.84.